The van der Waals surface area contributed by atoms with Crippen LogP contribution in [0.25, 0.3) is 0 Å². The van der Waals surface area contributed by atoms with Gasteiger partial charge in [-0.15, -0.1) is 0 Å². The van der Waals surface area contributed by atoms with Crippen molar-refractivity contribution in [3.8, 4) is 0 Å². The van der Waals surface area contributed by atoms with Gasteiger partial charge in [-0.1, -0.05) is 0 Å². The maximum atomic E-state index is 10.9. The van der Waals surface area contributed by atoms with Gasteiger partial charge in [-0.3, -0.25) is 9.69 Å². The van der Waals surface area contributed by atoms with Crippen LogP contribution in [-0.4, -0.2) is 58.6 Å². The van der Waals surface area contributed by atoms with Crippen LogP contribution in [0.2, 0.25) is 0 Å². The zero-order chi connectivity index (χ0) is 13.1. The number of carboxylic acid groups (broad SMARTS) is 1. The van der Waals surface area contributed by atoms with Crippen molar-refractivity contribution in [2.24, 2.45) is 0 Å². The predicted octanol–water partition coefficient (Wildman–Crippen LogP) is 1.80. The summed E-state index contributed by atoms with van der Waals surface area (Å²) < 4.78 is 0. The summed E-state index contributed by atoms with van der Waals surface area (Å²) in [5.41, 5.74) is 0. The van der Waals surface area contributed by atoms with Crippen LogP contribution in [0.5, 0.6) is 0 Å². The fourth-order valence-corrected chi connectivity index (χ4v) is 3.49. The first-order valence-electron chi connectivity index (χ1n) is 7.29. The Labute approximate surface area is 110 Å². The van der Waals surface area contributed by atoms with E-state index in [4.69, 9.17) is 5.11 Å². The molecule has 2 rings (SSSR count). The summed E-state index contributed by atoms with van der Waals surface area (Å²) in [6.07, 6.45) is 4.96. The van der Waals surface area contributed by atoms with Gasteiger partial charge in [-0.05, 0) is 59.2 Å². The third-order valence-electron chi connectivity index (χ3n) is 4.53. The molecule has 2 saturated heterocycles. The zero-order valence-electron chi connectivity index (χ0n) is 11.6. The summed E-state index contributed by atoms with van der Waals surface area (Å²) >= 11 is 0. The summed E-state index contributed by atoms with van der Waals surface area (Å²) in [5, 5.41) is 8.97. The lowest BCUT2D eigenvalue weighted by atomic mass is 10.0. The van der Waals surface area contributed by atoms with Crippen molar-refractivity contribution in [3.63, 3.8) is 0 Å². The van der Waals surface area contributed by atoms with Gasteiger partial charge >= 0.3 is 5.97 Å². The molecular formula is C14H26N2O2. The highest BCUT2D eigenvalue weighted by molar-refractivity contribution is 5.67. The Morgan fingerprint density at radius 3 is 2.44 bits per heavy atom. The standard InChI is InChI=1S/C14H26N2O2/c1-11(2)15-8-5-12(6-9-15)16-7-3-4-13(16)10-14(17)18/h11-13H,3-10H2,1-2H3,(H,17,18). The number of aliphatic carboxylic acids is 1. The molecule has 2 heterocycles. The minimum atomic E-state index is -0.647. The number of hydrogen-bond acceptors (Lipinski definition) is 3. The third kappa shape index (κ3) is 3.23. The van der Waals surface area contributed by atoms with Gasteiger partial charge in [0.15, 0.2) is 0 Å². The minimum absolute atomic E-state index is 0.290. The smallest absolute Gasteiger partial charge is 0.304 e. The van der Waals surface area contributed by atoms with Crippen LogP contribution >= 0.6 is 0 Å². The summed E-state index contributed by atoms with van der Waals surface area (Å²) in [6.45, 7) is 7.94. The van der Waals surface area contributed by atoms with E-state index in [0.717, 1.165) is 13.0 Å². The van der Waals surface area contributed by atoms with Crippen molar-refractivity contribution in [2.45, 2.75) is 64.1 Å². The molecule has 0 saturated carbocycles. The van der Waals surface area contributed by atoms with Gasteiger partial charge in [-0.2, -0.15) is 0 Å². The van der Waals surface area contributed by atoms with Gasteiger partial charge in [0.25, 0.3) is 0 Å². The third-order valence-corrected chi connectivity index (χ3v) is 4.53. The van der Waals surface area contributed by atoms with E-state index >= 15 is 0 Å². The maximum absolute atomic E-state index is 10.9. The molecule has 1 atom stereocenters. The van der Waals surface area contributed by atoms with Crippen molar-refractivity contribution < 1.29 is 9.90 Å². The number of carbonyl (C=O) groups is 1. The van der Waals surface area contributed by atoms with E-state index in [0.29, 0.717) is 18.5 Å². The van der Waals surface area contributed by atoms with Crippen molar-refractivity contribution in [2.75, 3.05) is 19.6 Å². The van der Waals surface area contributed by atoms with E-state index in [2.05, 4.69) is 23.6 Å². The molecular weight excluding hydrogens is 228 g/mol. The quantitative estimate of drug-likeness (QED) is 0.831. The molecule has 104 valence electrons. The van der Waals surface area contributed by atoms with Gasteiger partial charge in [0, 0.05) is 18.1 Å². The highest BCUT2D eigenvalue weighted by Crippen LogP contribution is 2.28. The molecule has 0 bridgehead atoms. The van der Waals surface area contributed by atoms with Crippen molar-refractivity contribution in [1.29, 1.82) is 0 Å². The Morgan fingerprint density at radius 1 is 1.22 bits per heavy atom. The van der Waals surface area contributed by atoms with E-state index in [-0.39, 0.29) is 6.04 Å². The molecule has 0 spiro atoms. The molecule has 1 N–H and O–H groups in total. The lowest BCUT2D eigenvalue weighted by Crippen LogP contribution is -2.48. The summed E-state index contributed by atoms with van der Waals surface area (Å²) in [6, 6.07) is 1.55. The normalized spacial score (nSPS) is 28.1. The maximum Gasteiger partial charge on any atom is 0.304 e. The van der Waals surface area contributed by atoms with Gasteiger partial charge in [-0.25, -0.2) is 0 Å². The Kier molecular flexibility index (Phi) is 4.62. The molecule has 0 aromatic rings. The number of rotatable bonds is 4. The number of hydrogen-bond donors (Lipinski definition) is 1. The molecule has 0 aromatic heterocycles. The van der Waals surface area contributed by atoms with Gasteiger partial charge in [0.1, 0.15) is 0 Å². The molecule has 2 fully saturated rings. The van der Waals surface area contributed by atoms with Crippen LogP contribution in [0.3, 0.4) is 0 Å². The average Bonchev–Trinajstić information content (AvgIpc) is 2.76. The zero-order valence-corrected chi connectivity index (χ0v) is 11.6. The first-order chi connectivity index (χ1) is 8.58. The second kappa shape index (κ2) is 6.02. The van der Waals surface area contributed by atoms with Crippen LogP contribution in [0.1, 0.15) is 46.0 Å². The monoisotopic (exact) mass is 254 g/mol. The van der Waals surface area contributed by atoms with E-state index in [1.165, 1.54) is 32.4 Å². The highest BCUT2D eigenvalue weighted by Gasteiger charge is 2.34. The first kappa shape index (κ1) is 13.8. The topological polar surface area (TPSA) is 43.8 Å². The number of nitrogens with zero attached hydrogens (tertiary/aromatic N) is 2. The van der Waals surface area contributed by atoms with Crippen molar-refractivity contribution in [1.82, 2.24) is 9.80 Å². The molecule has 1 unspecified atom stereocenters. The second-order valence-electron chi connectivity index (χ2n) is 5.99. The first-order valence-corrected chi connectivity index (χ1v) is 7.29. The van der Waals surface area contributed by atoms with Crippen LogP contribution in [-0.2, 0) is 4.79 Å². The largest absolute Gasteiger partial charge is 0.481 e. The Balaban J connectivity index is 1.86. The molecule has 0 radical (unpaired) electrons. The summed E-state index contributed by atoms with van der Waals surface area (Å²) in [4.78, 5) is 15.9. The SMILES string of the molecule is CC(C)N1CCC(N2CCCC2CC(=O)O)CC1. The highest BCUT2D eigenvalue weighted by atomic mass is 16.4. The molecule has 2 aliphatic rings. The predicted molar refractivity (Wildman–Crippen MR) is 71.7 cm³/mol. The fourth-order valence-electron chi connectivity index (χ4n) is 3.49. The Hall–Kier alpha value is -0.610. The van der Waals surface area contributed by atoms with Gasteiger partial charge in [0.05, 0.1) is 6.42 Å². The van der Waals surface area contributed by atoms with Crippen molar-refractivity contribution in [3.05, 3.63) is 0 Å². The number of piperidine rings is 1. The average molecular weight is 254 g/mol. The van der Waals surface area contributed by atoms with Crippen LogP contribution < -0.4 is 0 Å². The number of carboxylic acids is 1. The molecule has 0 aromatic carbocycles. The Bertz CT molecular complexity index is 286. The van der Waals surface area contributed by atoms with E-state index in [1.807, 2.05) is 0 Å². The summed E-state index contributed by atoms with van der Waals surface area (Å²) in [5.74, 6) is -0.647. The molecule has 0 aliphatic carbocycles. The molecule has 0 amide bonds. The van der Waals surface area contributed by atoms with Crippen LogP contribution in [0.4, 0.5) is 0 Å². The molecule has 4 heteroatoms. The van der Waals surface area contributed by atoms with E-state index in [9.17, 15) is 4.79 Å². The van der Waals surface area contributed by atoms with E-state index in [1.54, 1.807) is 0 Å². The van der Waals surface area contributed by atoms with Gasteiger partial charge in [0.2, 0.25) is 0 Å². The molecule has 18 heavy (non-hydrogen) atoms. The second-order valence-corrected chi connectivity index (χ2v) is 5.99. The van der Waals surface area contributed by atoms with Crippen molar-refractivity contribution >= 4 is 5.97 Å². The number of likely N-dealkylation sites (tertiary alicyclic amines) is 2. The summed E-state index contributed by atoms with van der Waals surface area (Å²) in [7, 11) is 0. The lowest BCUT2D eigenvalue weighted by molar-refractivity contribution is -0.138. The van der Waals surface area contributed by atoms with Gasteiger partial charge < -0.3 is 10.0 Å². The molecule has 2 aliphatic heterocycles. The minimum Gasteiger partial charge on any atom is -0.481 e. The van der Waals surface area contributed by atoms with E-state index < -0.39 is 5.97 Å². The Morgan fingerprint density at radius 2 is 1.89 bits per heavy atom. The fraction of sp³-hybridized carbons (Fsp3) is 0.929. The van der Waals surface area contributed by atoms with Crippen LogP contribution in [0, 0.1) is 0 Å². The lowest BCUT2D eigenvalue weighted by Gasteiger charge is -2.40. The van der Waals surface area contributed by atoms with Crippen LogP contribution in [0.15, 0.2) is 0 Å². The molecule has 4 nitrogen and oxygen atoms in total.